The highest BCUT2D eigenvalue weighted by Gasteiger charge is 2.21. The van der Waals surface area contributed by atoms with Crippen molar-refractivity contribution in [3.8, 4) is 0 Å². The number of amides is 1. The first-order valence-electron chi connectivity index (χ1n) is 5.79. The smallest absolute Gasteiger partial charge is 0.225 e. The lowest BCUT2D eigenvalue weighted by atomic mass is 10.0. The van der Waals surface area contributed by atoms with Gasteiger partial charge >= 0.3 is 0 Å². The number of hydrogen-bond acceptors (Lipinski definition) is 3. The summed E-state index contributed by atoms with van der Waals surface area (Å²) in [6.07, 6.45) is 2.91. The second-order valence-corrected chi connectivity index (χ2v) is 4.34. The quantitative estimate of drug-likeness (QED) is 0.701. The first kappa shape index (κ1) is 12.5. The van der Waals surface area contributed by atoms with Gasteiger partial charge in [-0.05, 0) is 31.7 Å². The molecule has 0 aliphatic carbocycles. The summed E-state index contributed by atoms with van der Waals surface area (Å²) in [5.41, 5.74) is 5.45. The number of carbonyl (C=O) groups is 1. The molecule has 0 bridgehead atoms. The molecule has 0 saturated carbocycles. The Morgan fingerprint density at radius 2 is 2.47 bits per heavy atom. The average Bonchev–Trinajstić information content (AvgIpc) is 2.27. The van der Waals surface area contributed by atoms with E-state index in [2.05, 4.69) is 12.2 Å². The van der Waals surface area contributed by atoms with E-state index in [1.54, 1.807) is 0 Å². The highest BCUT2D eigenvalue weighted by Crippen LogP contribution is 2.13. The Morgan fingerprint density at radius 1 is 1.67 bits per heavy atom. The van der Waals surface area contributed by atoms with Gasteiger partial charge in [-0.2, -0.15) is 0 Å². The molecule has 1 amide bonds. The Morgan fingerprint density at radius 3 is 3.07 bits per heavy atom. The Hall–Kier alpha value is -0.610. The number of hydrogen-bond donors (Lipinski definition) is 2. The molecule has 1 heterocycles. The molecule has 1 aliphatic rings. The van der Waals surface area contributed by atoms with Gasteiger partial charge in [-0.1, -0.05) is 6.92 Å². The predicted molar refractivity (Wildman–Crippen MR) is 59.4 cm³/mol. The summed E-state index contributed by atoms with van der Waals surface area (Å²) < 4.78 is 5.28. The summed E-state index contributed by atoms with van der Waals surface area (Å²) in [5, 5.41) is 2.96. The Bertz CT molecular complexity index is 191. The zero-order chi connectivity index (χ0) is 11.1. The van der Waals surface area contributed by atoms with Gasteiger partial charge in [0.1, 0.15) is 0 Å². The van der Waals surface area contributed by atoms with Crippen LogP contribution >= 0.6 is 0 Å². The lowest BCUT2D eigenvalue weighted by Crippen LogP contribution is -2.37. The van der Waals surface area contributed by atoms with E-state index in [-0.39, 0.29) is 11.8 Å². The van der Waals surface area contributed by atoms with Crippen molar-refractivity contribution < 1.29 is 9.53 Å². The van der Waals surface area contributed by atoms with Crippen LogP contribution in [0.3, 0.4) is 0 Å². The lowest BCUT2D eigenvalue weighted by Gasteiger charge is -2.22. The van der Waals surface area contributed by atoms with Gasteiger partial charge in [0.25, 0.3) is 0 Å². The summed E-state index contributed by atoms with van der Waals surface area (Å²) in [5.74, 6) is 0.658. The van der Waals surface area contributed by atoms with Gasteiger partial charge < -0.3 is 15.8 Å². The molecule has 0 aromatic rings. The molecule has 88 valence electrons. The van der Waals surface area contributed by atoms with Crippen LogP contribution in [0.1, 0.15) is 26.2 Å². The molecule has 0 radical (unpaired) electrons. The normalized spacial score (nSPS) is 23.5. The molecule has 4 nitrogen and oxygen atoms in total. The van der Waals surface area contributed by atoms with Crippen LogP contribution in [0, 0.1) is 11.8 Å². The van der Waals surface area contributed by atoms with Crippen molar-refractivity contribution in [2.24, 2.45) is 17.6 Å². The van der Waals surface area contributed by atoms with Crippen LogP contribution in [-0.4, -0.2) is 32.2 Å². The fourth-order valence-corrected chi connectivity index (χ4v) is 1.75. The van der Waals surface area contributed by atoms with Crippen molar-refractivity contribution in [3.63, 3.8) is 0 Å². The zero-order valence-corrected chi connectivity index (χ0v) is 9.50. The maximum Gasteiger partial charge on any atom is 0.225 e. The molecule has 0 aromatic heterocycles. The first-order valence-corrected chi connectivity index (χ1v) is 5.79. The van der Waals surface area contributed by atoms with E-state index >= 15 is 0 Å². The van der Waals surface area contributed by atoms with E-state index in [0.29, 0.717) is 19.1 Å². The molecule has 1 saturated heterocycles. The Balaban J connectivity index is 2.16. The molecular formula is C11H22N2O2. The van der Waals surface area contributed by atoms with Crippen LogP contribution in [0.25, 0.3) is 0 Å². The highest BCUT2D eigenvalue weighted by atomic mass is 16.5. The molecule has 3 N–H and O–H groups in total. The molecule has 15 heavy (non-hydrogen) atoms. The Kier molecular flexibility index (Phi) is 5.65. The van der Waals surface area contributed by atoms with Crippen molar-refractivity contribution in [2.45, 2.75) is 26.2 Å². The Labute approximate surface area is 91.5 Å². The van der Waals surface area contributed by atoms with E-state index in [1.165, 1.54) is 0 Å². The number of rotatable bonds is 5. The van der Waals surface area contributed by atoms with Crippen LogP contribution in [0.4, 0.5) is 0 Å². The fourth-order valence-electron chi connectivity index (χ4n) is 1.75. The maximum atomic E-state index is 11.7. The van der Waals surface area contributed by atoms with Crippen molar-refractivity contribution in [3.05, 3.63) is 0 Å². The zero-order valence-electron chi connectivity index (χ0n) is 9.50. The SMILES string of the molecule is CC(CCN)CNC(=O)C1CCCOC1. The minimum Gasteiger partial charge on any atom is -0.381 e. The van der Waals surface area contributed by atoms with Gasteiger partial charge in [0.05, 0.1) is 12.5 Å². The van der Waals surface area contributed by atoms with Crippen LogP contribution < -0.4 is 11.1 Å². The summed E-state index contributed by atoms with van der Waals surface area (Å²) >= 11 is 0. The average molecular weight is 214 g/mol. The summed E-state index contributed by atoms with van der Waals surface area (Å²) in [7, 11) is 0. The van der Waals surface area contributed by atoms with Gasteiger partial charge in [-0.25, -0.2) is 0 Å². The molecule has 0 aromatic carbocycles. The number of nitrogens with one attached hydrogen (secondary N) is 1. The molecule has 1 fully saturated rings. The summed E-state index contributed by atoms with van der Waals surface area (Å²) in [6.45, 7) is 4.89. The number of nitrogens with two attached hydrogens (primary N) is 1. The third kappa shape index (κ3) is 4.62. The largest absolute Gasteiger partial charge is 0.381 e. The van der Waals surface area contributed by atoms with Gasteiger partial charge in [0.15, 0.2) is 0 Å². The van der Waals surface area contributed by atoms with E-state index in [4.69, 9.17) is 10.5 Å². The lowest BCUT2D eigenvalue weighted by molar-refractivity contribution is -0.129. The second-order valence-electron chi connectivity index (χ2n) is 4.34. The van der Waals surface area contributed by atoms with Gasteiger partial charge in [0, 0.05) is 13.2 Å². The third-order valence-corrected chi connectivity index (χ3v) is 2.82. The molecule has 4 heteroatoms. The highest BCUT2D eigenvalue weighted by molar-refractivity contribution is 5.78. The first-order chi connectivity index (χ1) is 7.24. The topological polar surface area (TPSA) is 64.3 Å². The minimum absolute atomic E-state index is 0.0591. The van der Waals surface area contributed by atoms with Crippen molar-refractivity contribution in [2.75, 3.05) is 26.3 Å². The molecule has 2 atom stereocenters. The van der Waals surface area contributed by atoms with Crippen molar-refractivity contribution in [1.29, 1.82) is 0 Å². The fraction of sp³-hybridized carbons (Fsp3) is 0.909. The maximum absolute atomic E-state index is 11.7. The standard InChI is InChI=1S/C11H22N2O2/c1-9(4-5-12)7-13-11(14)10-3-2-6-15-8-10/h9-10H,2-8,12H2,1H3,(H,13,14). The van der Waals surface area contributed by atoms with E-state index in [9.17, 15) is 4.79 Å². The number of ether oxygens (including phenoxy) is 1. The summed E-state index contributed by atoms with van der Waals surface area (Å²) in [4.78, 5) is 11.7. The monoisotopic (exact) mass is 214 g/mol. The van der Waals surface area contributed by atoms with Gasteiger partial charge in [0.2, 0.25) is 5.91 Å². The molecule has 0 spiro atoms. The van der Waals surface area contributed by atoms with Crippen LogP contribution in [0.15, 0.2) is 0 Å². The van der Waals surface area contributed by atoms with E-state index in [0.717, 1.165) is 32.4 Å². The minimum atomic E-state index is 0.0591. The molecule has 2 unspecified atom stereocenters. The van der Waals surface area contributed by atoms with Crippen molar-refractivity contribution in [1.82, 2.24) is 5.32 Å². The van der Waals surface area contributed by atoms with Crippen LogP contribution in [0.5, 0.6) is 0 Å². The number of carbonyl (C=O) groups excluding carboxylic acids is 1. The van der Waals surface area contributed by atoms with Gasteiger partial charge in [-0.15, -0.1) is 0 Å². The van der Waals surface area contributed by atoms with Crippen molar-refractivity contribution >= 4 is 5.91 Å². The van der Waals surface area contributed by atoms with Gasteiger partial charge in [-0.3, -0.25) is 4.79 Å². The van der Waals surface area contributed by atoms with Crippen LogP contribution in [0.2, 0.25) is 0 Å². The molecule has 1 rings (SSSR count). The van der Waals surface area contributed by atoms with Crippen LogP contribution in [-0.2, 0) is 9.53 Å². The molecular weight excluding hydrogens is 192 g/mol. The molecule has 1 aliphatic heterocycles. The second kappa shape index (κ2) is 6.80. The van der Waals surface area contributed by atoms with E-state index < -0.39 is 0 Å². The third-order valence-electron chi connectivity index (χ3n) is 2.82. The summed E-state index contributed by atoms with van der Waals surface area (Å²) in [6, 6.07) is 0. The predicted octanol–water partition coefficient (Wildman–Crippen LogP) is 0.514. The van der Waals surface area contributed by atoms with E-state index in [1.807, 2.05) is 0 Å².